The molecule has 4 heteroatoms. The van der Waals surface area contributed by atoms with Crippen molar-refractivity contribution in [2.75, 3.05) is 0 Å². The molecule has 2 fully saturated rings. The van der Waals surface area contributed by atoms with Crippen LogP contribution in [-0.2, 0) is 6.42 Å². The Morgan fingerprint density at radius 3 is 2.84 bits per heavy atom. The normalized spacial score (nSPS) is 32.1. The molecule has 2 saturated carbocycles. The molecule has 3 N–H and O–H groups in total. The van der Waals surface area contributed by atoms with Crippen LogP contribution in [0, 0.1) is 17.8 Å². The zero-order chi connectivity index (χ0) is 13.4. The molecule has 1 aromatic heterocycles. The number of rotatable bonds is 6. The first kappa shape index (κ1) is 13.1. The quantitative estimate of drug-likeness (QED) is 0.611. The van der Waals surface area contributed by atoms with Gasteiger partial charge in [-0.2, -0.15) is 5.10 Å². The minimum Gasteiger partial charge on any atom is -0.271 e. The zero-order valence-electron chi connectivity index (χ0n) is 12.0. The van der Waals surface area contributed by atoms with Crippen LogP contribution in [0.2, 0.25) is 0 Å². The Hall–Kier alpha value is -0.870. The van der Waals surface area contributed by atoms with Gasteiger partial charge in [-0.1, -0.05) is 13.3 Å². The van der Waals surface area contributed by atoms with Crippen molar-refractivity contribution in [2.24, 2.45) is 23.6 Å². The highest BCUT2D eigenvalue weighted by Crippen LogP contribution is 2.59. The third kappa shape index (κ3) is 2.43. The molecule has 4 atom stereocenters. The summed E-state index contributed by atoms with van der Waals surface area (Å²) in [5, 5.41) is 4.69. The maximum atomic E-state index is 5.77. The number of nitrogens with zero attached hydrogens (tertiary/aromatic N) is 2. The molecule has 19 heavy (non-hydrogen) atoms. The average molecular weight is 262 g/mol. The first-order valence-corrected chi connectivity index (χ1v) is 7.74. The summed E-state index contributed by atoms with van der Waals surface area (Å²) in [6, 6.07) is 3.04. The standard InChI is InChI=1S/C15H26N4/c1-3-10(2)19-8-7-11(18-19)9-14(17-16)15-12-5-4-6-13(12)15/h7-8,10,12-15,17H,3-6,9,16H2,1-2H3. The van der Waals surface area contributed by atoms with Crippen LogP contribution >= 0.6 is 0 Å². The van der Waals surface area contributed by atoms with Crippen LogP contribution in [0.1, 0.15) is 51.3 Å². The molecular formula is C15H26N4. The van der Waals surface area contributed by atoms with Crippen LogP contribution in [0.25, 0.3) is 0 Å². The van der Waals surface area contributed by atoms with Crippen molar-refractivity contribution in [1.29, 1.82) is 0 Å². The van der Waals surface area contributed by atoms with Crippen molar-refractivity contribution in [3.05, 3.63) is 18.0 Å². The van der Waals surface area contributed by atoms with Crippen molar-refractivity contribution in [3.63, 3.8) is 0 Å². The van der Waals surface area contributed by atoms with Crippen molar-refractivity contribution in [3.8, 4) is 0 Å². The molecule has 0 amide bonds. The minimum absolute atomic E-state index is 0.413. The van der Waals surface area contributed by atoms with Crippen molar-refractivity contribution in [1.82, 2.24) is 15.2 Å². The monoisotopic (exact) mass is 262 g/mol. The summed E-state index contributed by atoms with van der Waals surface area (Å²) in [5.41, 5.74) is 4.22. The lowest BCUT2D eigenvalue weighted by molar-refractivity contribution is 0.402. The first-order valence-electron chi connectivity index (χ1n) is 7.74. The van der Waals surface area contributed by atoms with Crippen molar-refractivity contribution in [2.45, 2.75) is 58.0 Å². The van der Waals surface area contributed by atoms with E-state index in [1.807, 2.05) is 0 Å². The second kappa shape index (κ2) is 5.25. The fourth-order valence-electron chi connectivity index (χ4n) is 3.92. The molecule has 0 radical (unpaired) electrons. The number of nitrogens with one attached hydrogen (secondary N) is 1. The lowest BCUT2D eigenvalue weighted by Crippen LogP contribution is -2.39. The lowest BCUT2D eigenvalue weighted by atomic mass is 10.0. The van der Waals surface area contributed by atoms with Gasteiger partial charge < -0.3 is 0 Å². The number of nitrogens with two attached hydrogens (primary N) is 1. The Kier molecular flexibility index (Phi) is 3.63. The lowest BCUT2D eigenvalue weighted by Gasteiger charge is -2.16. The molecule has 3 rings (SSSR count). The highest BCUT2D eigenvalue weighted by molar-refractivity contribution is 5.10. The van der Waals surface area contributed by atoms with Crippen LogP contribution in [-0.4, -0.2) is 15.8 Å². The summed E-state index contributed by atoms with van der Waals surface area (Å²) >= 11 is 0. The van der Waals surface area contributed by atoms with Crippen LogP contribution in [0.15, 0.2) is 12.3 Å². The van der Waals surface area contributed by atoms with Gasteiger partial charge in [-0.3, -0.25) is 16.0 Å². The van der Waals surface area contributed by atoms with E-state index in [1.54, 1.807) is 0 Å². The fraction of sp³-hybridized carbons (Fsp3) is 0.800. The Morgan fingerprint density at radius 2 is 2.21 bits per heavy atom. The highest BCUT2D eigenvalue weighted by Gasteiger charge is 2.55. The van der Waals surface area contributed by atoms with E-state index >= 15 is 0 Å². The maximum absolute atomic E-state index is 5.77. The largest absolute Gasteiger partial charge is 0.271 e. The second-order valence-corrected chi connectivity index (χ2v) is 6.36. The number of hydrogen-bond donors (Lipinski definition) is 2. The summed E-state index contributed by atoms with van der Waals surface area (Å²) in [5.74, 6) is 8.46. The zero-order valence-corrected chi connectivity index (χ0v) is 12.0. The topological polar surface area (TPSA) is 55.9 Å². The van der Waals surface area contributed by atoms with E-state index in [2.05, 4.69) is 36.2 Å². The second-order valence-electron chi connectivity index (χ2n) is 6.36. The number of fused-ring (bicyclic) bond motifs is 1. The van der Waals surface area contributed by atoms with E-state index in [4.69, 9.17) is 10.9 Å². The Morgan fingerprint density at radius 1 is 1.47 bits per heavy atom. The van der Waals surface area contributed by atoms with Crippen LogP contribution in [0.5, 0.6) is 0 Å². The summed E-state index contributed by atoms with van der Waals surface area (Å²) in [6.45, 7) is 4.41. The van der Waals surface area contributed by atoms with Crippen LogP contribution in [0.4, 0.5) is 0 Å². The molecule has 0 bridgehead atoms. The number of hydrazine groups is 1. The van der Waals surface area contributed by atoms with Gasteiger partial charge in [0.15, 0.2) is 0 Å². The minimum atomic E-state index is 0.413. The Balaban J connectivity index is 1.61. The van der Waals surface area contributed by atoms with Gasteiger partial charge in [-0.05, 0) is 50.0 Å². The summed E-state index contributed by atoms with van der Waals surface area (Å²) < 4.78 is 2.08. The highest BCUT2D eigenvalue weighted by atomic mass is 15.3. The molecule has 1 heterocycles. The smallest absolute Gasteiger partial charge is 0.0640 e. The summed E-state index contributed by atoms with van der Waals surface area (Å²) in [6.07, 6.45) is 8.43. The van der Waals surface area contributed by atoms with Gasteiger partial charge in [0.05, 0.1) is 5.69 Å². The van der Waals surface area contributed by atoms with Gasteiger partial charge in [-0.15, -0.1) is 0 Å². The fourth-order valence-corrected chi connectivity index (χ4v) is 3.92. The number of aromatic nitrogens is 2. The summed E-state index contributed by atoms with van der Waals surface area (Å²) in [4.78, 5) is 0. The van der Waals surface area contributed by atoms with Crippen LogP contribution in [0.3, 0.4) is 0 Å². The number of hydrogen-bond acceptors (Lipinski definition) is 3. The average Bonchev–Trinajstić information content (AvgIpc) is 2.86. The molecular weight excluding hydrogens is 236 g/mol. The first-order chi connectivity index (χ1) is 9.24. The van der Waals surface area contributed by atoms with Gasteiger partial charge in [0.2, 0.25) is 0 Å². The molecule has 1 aromatic rings. The van der Waals surface area contributed by atoms with Gasteiger partial charge in [0.1, 0.15) is 0 Å². The molecule has 2 aliphatic carbocycles. The van der Waals surface area contributed by atoms with Gasteiger partial charge >= 0.3 is 0 Å². The molecule has 106 valence electrons. The Labute approximate surface area is 115 Å². The maximum Gasteiger partial charge on any atom is 0.0640 e. The van der Waals surface area contributed by atoms with Gasteiger partial charge in [0.25, 0.3) is 0 Å². The van der Waals surface area contributed by atoms with E-state index < -0.39 is 0 Å². The van der Waals surface area contributed by atoms with Crippen molar-refractivity contribution >= 4 is 0 Å². The van der Waals surface area contributed by atoms with Gasteiger partial charge in [0, 0.05) is 24.7 Å². The van der Waals surface area contributed by atoms with E-state index in [-0.39, 0.29) is 0 Å². The van der Waals surface area contributed by atoms with Crippen molar-refractivity contribution < 1.29 is 0 Å². The van der Waals surface area contributed by atoms with E-state index in [0.29, 0.717) is 12.1 Å². The predicted molar refractivity (Wildman–Crippen MR) is 76.4 cm³/mol. The molecule has 4 unspecified atom stereocenters. The van der Waals surface area contributed by atoms with E-state index in [9.17, 15) is 0 Å². The molecule has 0 aliphatic heterocycles. The summed E-state index contributed by atoms with van der Waals surface area (Å²) in [7, 11) is 0. The predicted octanol–water partition coefficient (Wildman–Crippen LogP) is 2.27. The Bertz CT molecular complexity index is 418. The molecule has 0 aromatic carbocycles. The van der Waals surface area contributed by atoms with E-state index in [0.717, 1.165) is 30.6 Å². The van der Waals surface area contributed by atoms with Gasteiger partial charge in [-0.25, -0.2) is 0 Å². The van der Waals surface area contributed by atoms with Crippen LogP contribution < -0.4 is 11.3 Å². The molecule has 2 aliphatic rings. The SMILES string of the molecule is CCC(C)n1ccc(CC(NN)C2C3CCCC32)n1. The third-order valence-corrected chi connectivity index (χ3v) is 5.29. The molecule has 0 saturated heterocycles. The van der Waals surface area contributed by atoms with E-state index in [1.165, 1.54) is 25.0 Å². The molecule has 4 nitrogen and oxygen atoms in total. The molecule has 0 spiro atoms. The third-order valence-electron chi connectivity index (χ3n) is 5.29.